The molecular formula is C14H18O2. The van der Waals surface area contributed by atoms with Gasteiger partial charge in [-0.1, -0.05) is 43.7 Å². The minimum atomic E-state index is -0.421. The van der Waals surface area contributed by atoms with E-state index in [1.54, 1.807) is 0 Å². The van der Waals surface area contributed by atoms with E-state index in [9.17, 15) is 4.79 Å². The molecule has 1 saturated carbocycles. The normalized spacial score (nSPS) is 26.2. The maximum absolute atomic E-state index is 12.0. The lowest BCUT2D eigenvalue weighted by atomic mass is 9.87. The van der Waals surface area contributed by atoms with E-state index >= 15 is 0 Å². The Morgan fingerprint density at radius 2 is 1.75 bits per heavy atom. The molecular weight excluding hydrogens is 200 g/mol. The molecule has 1 atom stereocenters. The first-order valence-electron chi connectivity index (χ1n) is 5.59. The molecule has 2 heteroatoms. The highest BCUT2D eigenvalue weighted by atomic mass is 16.5. The van der Waals surface area contributed by atoms with E-state index < -0.39 is 5.41 Å². The van der Waals surface area contributed by atoms with Crippen LogP contribution in [0.15, 0.2) is 24.3 Å². The summed E-state index contributed by atoms with van der Waals surface area (Å²) in [7, 11) is 1.46. The number of hydrogen-bond acceptors (Lipinski definition) is 2. The van der Waals surface area contributed by atoms with Gasteiger partial charge < -0.3 is 4.74 Å². The lowest BCUT2D eigenvalue weighted by Gasteiger charge is -2.18. The molecule has 0 N–H and O–H groups in total. The van der Waals surface area contributed by atoms with Crippen molar-refractivity contribution in [2.45, 2.75) is 32.6 Å². The van der Waals surface area contributed by atoms with Crippen LogP contribution in [0, 0.1) is 12.3 Å². The van der Waals surface area contributed by atoms with Gasteiger partial charge in [0.1, 0.15) is 0 Å². The van der Waals surface area contributed by atoms with Gasteiger partial charge in [-0.15, -0.1) is 0 Å². The van der Waals surface area contributed by atoms with Crippen molar-refractivity contribution in [2.24, 2.45) is 5.41 Å². The fourth-order valence-electron chi connectivity index (χ4n) is 2.59. The smallest absolute Gasteiger partial charge is 0.316 e. The van der Waals surface area contributed by atoms with Crippen LogP contribution in [-0.4, -0.2) is 13.1 Å². The van der Waals surface area contributed by atoms with Gasteiger partial charge in [-0.25, -0.2) is 0 Å². The monoisotopic (exact) mass is 218 g/mol. The summed E-state index contributed by atoms with van der Waals surface area (Å²) >= 11 is 0. The Hall–Kier alpha value is -1.31. The summed E-state index contributed by atoms with van der Waals surface area (Å²) in [6.45, 7) is 6.28. The molecule has 0 saturated heterocycles. The van der Waals surface area contributed by atoms with Crippen molar-refractivity contribution < 1.29 is 9.53 Å². The number of carbonyl (C=O) groups is 1. The third-order valence-electron chi connectivity index (χ3n) is 3.82. The van der Waals surface area contributed by atoms with E-state index in [1.807, 2.05) is 19.1 Å². The van der Waals surface area contributed by atoms with Crippen LogP contribution in [0.4, 0.5) is 0 Å². The van der Waals surface area contributed by atoms with Crippen LogP contribution in [0.25, 0.3) is 0 Å². The summed E-state index contributed by atoms with van der Waals surface area (Å²) in [5, 5.41) is 0. The molecule has 0 aromatic heterocycles. The number of methoxy groups -OCH3 is 1. The van der Waals surface area contributed by atoms with E-state index in [0.717, 1.165) is 12.0 Å². The molecule has 86 valence electrons. The number of benzene rings is 1. The van der Waals surface area contributed by atoms with E-state index in [0.29, 0.717) is 0 Å². The average Bonchev–Trinajstić information content (AvgIpc) is 2.83. The third-order valence-corrected chi connectivity index (χ3v) is 3.82. The van der Waals surface area contributed by atoms with Crippen LogP contribution in [0.5, 0.6) is 0 Å². The summed E-state index contributed by atoms with van der Waals surface area (Å²) in [5.41, 5.74) is 1.88. The van der Waals surface area contributed by atoms with Gasteiger partial charge in [-0.2, -0.15) is 0 Å². The number of rotatable bonds is 2. The standard InChI is InChI=1S/C14H18O2/c1-10-5-7-11(8-6-10)14(12(15)16-4)9-13(14,2)3/h5-8H,9H2,1-4H3. The molecule has 1 fully saturated rings. The van der Waals surface area contributed by atoms with Gasteiger partial charge in [-0.05, 0) is 24.3 Å². The fraction of sp³-hybridized carbons (Fsp3) is 0.500. The second-order valence-corrected chi connectivity index (χ2v) is 5.32. The van der Waals surface area contributed by atoms with Gasteiger partial charge in [0.2, 0.25) is 0 Å². The molecule has 16 heavy (non-hydrogen) atoms. The lowest BCUT2D eigenvalue weighted by molar-refractivity contribution is -0.144. The highest BCUT2D eigenvalue weighted by Gasteiger charge is 2.68. The van der Waals surface area contributed by atoms with Crippen LogP contribution in [0.3, 0.4) is 0 Å². The maximum Gasteiger partial charge on any atom is 0.316 e. The number of ether oxygens (including phenoxy) is 1. The molecule has 0 radical (unpaired) electrons. The Balaban J connectivity index is 2.43. The first-order valence-corrected chi connectivity index (χ1v) is 5.59. The summed E-state index contributed by atoms with van der Waals surface area (Å²) in [4.78, 5) is 12.0. The van der Waals surface area contributed by atoms with Crippen LogP contribution in [0.1, 0.15) is 31.4 Å². The summed E-state index contributed by atoms with van der Waals surface area (Å²) in [6, 6.07) is 8.19. The molecule has 1 unspecified atom stereocenters. The number of carbonyl (C=O) groups excluding carboxylic acids is 1. The van der Waals surface area contributed by atoms with E-state index in [2.05, 4.69) is 26.0 Å². The van der Waals surface area contributed by atoms with Crippen LogP contribution in [0.2, 0.25) is 0 Å². The maximum atomic E-state index is 12.0. The van der Waals surface area contributed by atoms with Crippen molar-refractivity contribution in [3.8, 4) is 0 Å². The molecule has 2 rings (SSSR count). The summed E-state index contributed by atoms with van der Waals surface area (Å²) in [5.74, 6) is -0.110. The minimum absolute atomic E-state index is 0.00928. The molecule has 1 aliphatic carbocycles. The Morgan fingerprint density at radius 3 is 2.12 bits per heavy atom. The highest BCUT2D eigenvalue weighted by Crippen LogP contribution is 2.64. The van der Waals surface area contributed by atoms with Crippen LogP contribution in [-0.2, 0) is 14.9 Å². The van der Waals surface area contributed by atoms with Gasteiger partial charge in [-0.3, -0.25) is 4.79 Å². The SMILES string of the molecule is COC(=O)C1(c2ccc(C)cc2)CC1(C)C. The van der Waals surface area contributed by atoms with Gasteiger partial charge in [0, 0.05) is 0 Å². The topological polar surface area (TPSA) is 26.3 Å². The second-order valence-electron chi connectivity index (χ2n) is 5.32. The molecule has 1 aliphatic rings. The predicted octanol–water partition coefficient (Wildman–Crippen LogP) is 2.84. The van der Waals surface area contributed by atoms with Crippen molar-refractivity contribution in [1.82, 2.24) is 0 Å². The van der Waals surface area contributed by atoms with Gasteiger partial charge in [0.25, 0.3) is 0 Å². The molecule has 1 aromatic rings. The number of aryl methyl sites for hydroxylation is 1. The molecule has 0 aliphatic heterocycles. The molecule has 0 amide bonds. The van der Waals surface area contributed by atoms with Crippen LogP contribution >= 0.6 is 0 Å². The second kappa shape index (κ2) is 3.34. The zero-order valence-corrected chi connectivity index (χ0v) is 10.3. The third kappa shape index (κ3) is 1.36. The predicted molar refractivity (Wildman–Crippen MR) is 63.3 cm³/mol. The van der Waals surface area contributed by atoms with Gasteiger partial charge in [0.15, 0.2) is 0 Å². The molecule has 0 spiro atoms. The zero-order valence-electron chi connectivity index (χ0n) is 10.3. The van der Waals surface area contributed by atoms with E-state index in [4.69, 9.17) is 4.74 Å². The largest absolute Gasteiger partial charge is 0.468 e. The first-order chi connectivity index (χ1) is 7.44. The van der Waals surface area contributed by atoms with Gasteiger partial charge in [0.05, 0.1) is 12.5 Å². The fourth-order valence-corrected chi connectivity index (χ4v) is 2.59. The number of esters is 1. The van der Waals surface area contributed by atoms with Crippen molar-refractivity contribution in [3.05, 3.63) is 35.4 Å². The molecule has 1 aromatic carbocycles. The Kier molecular flexibility index (Phi) is 2.33. The lowest BCUT2D eigenvalue weighted by Crippen LogP contribution is -2.27. The number of hydrogen-bond donors (Lipinski definition) is 0. The van der Waals surface area contributed by atoms with E-state index in [-0.39, 0.29) is 11.4 Å². The van der Waals surface area contributed by atoms with Gasteiger partial charge >= 0.3 is 5.97 Å². The van der Waals surface area contributed by atoms with Crippen molar-refractivity contribution >= 4 is 5.97 Å². The average molecular weight is 218 g/mol. The molecule has 0 heterocycles. The quantitative estimate of drug-likeness (QED) is 0.713. The molecule has 2 nitrogen and oxygen atoms in total. The van der Waals surface area contributed by atoms with Crippen molar-refractivity contribution in [1.29, 1.82) is 0 Å². The summed E-state index contributed by atoms with van der Waals surface area (Å²) < 4.78 is 4.96. The van der Waals surface area contributed by atoms with E-state index in [1.165, 1.54) is 12.7 Å². The Bertz CT molecular complexity index is 417. The zero-order chi connectivity index (χ0) is 12.0. The van der Waals surface area contributed by atoms with Crippen LogP contribution < -0.4 is 0 Å². The molecule has 0 bridgehead atoms. The first kappa shape index (κ1) is 11.2. The minimum Gasteiger partial charge on any atom is -0.468 e. The van der Waals surface area contributed by atoms with Crippen molar-refractivity contribution in [2.75, 3.05) is 7.11 Å². The highest BCUT2D eigenvalue weighted by molar-refractivity contribution is 5.88. The Labute approximate surface area is 96.6 Å². The summed E-state index contributed by atoms with van der Waals surface area (Å²) in [6.07, 6.45) is 0.871. The van der Waals surface area contributed by atoms with Crippen molar-refractivity contribution in [3.63, 3.8) is 0 Å². The Morgan fingerprint density at radius 1 is 1.25 bits per heavy atom.